The van der Waals surface area contributed by atoms with Gasteiger partial charge >= 0.3 is 0 Å². The summed E-state index contributed by atoms with van der Waals surface area (Å²) in [4.78, 5) is 14.7. The summed E-state index contributed by atoms with van der Waals surface area (Å²) in [5, 5.41) is 3.42. The molecule has 0 saturated carbocycles. The third kappa shape index (κ3) is 6.10. The molecule has 0 radical (unpaired) electrons. The number of aryl methyl sites for hydroxylation is 1. The van der Waals surface area contributed by atoms with Crippen LogP contribution in [0.15, 0.2) is 48.5 Å². The first-order valence-electron chi connectivity index (χ1n) is 10.4. The van der Waals surface area contributed by atoms with Crippen molar-refractivity contribution >= 4 is 5.91 Å². The van der Waals surface area contributed by atoms with Gasteiger partial charge in [0.25, 0.3) is 0 Å². The van der Waals surface area contributed by atoms with E-state index < -0.39 is 0 Å². The maximum atomic E-state index is 12.7. The van der Waals surface area contributed by atoms with Crippen LogP contribution in [-0.4, -0.2) is 37.0 Å². The Labute approximate surface area is 168 Å². The van der Waals surface area contributed by atoms with Gasteiger partial charge in [0.15, 0.2) is 0 Å². The van der Waals surface area contributed by atoms with Crippen molar-refractivity contribution in [2.24, 2.45) is 5.92 Å². The molecule has 0 spiro atoms. The summed E-state index contributed by atoms with van der Waals surface area (Å²) < 4.78 is 5.93. The number of amides is 1. The maximum absolute atomic E-state index is 12.7. The fraction of sp³-hybridized carbons (Fsp3) is 0.458. The molecule has 1 aliphatic rings. The van der Waals surface area contributed by atoms with Crippen molar-refractivity contribution in [1.29, 1.82) is 0 Å². The summed E-state index contributed by atoms with van der Waals surface area (Å²) in [6.07, 6.45) is 2.64. The number of nitrogens with one attached hydrogen (secondary N) is 1. The zero-order valence-corrected chi connectivity index (χ0v) is 17.1. The highest BCUT2D eigenvalue weighted by molar-refractivity contribution is 5.79. The van der Waals surface area contributed by atoms with Gasteiger partial charge < -0.3 is 15.0 Å². The van der Waals surface area contributed by atoms with Crippen LogP contribution < -0.4 is 10.1 Å². The molecule has 3 rings (SSSR count). The van der Waals surface area contributed by atoms with Gasteiger partial charge in [-0.25, -0.2) is 0 Å². The van der Waals surface area contributed by atoms with Crippen LogP contribution in [0.4, 0.5) is 0 Å². The fourth-order valence-electron chi connectivity index (χ4n) is 3.74. The molecule has 0 atom stereocenters. The molecule has 2 aromatic carbocycles. The van der Waals surface area contributed by atoms with E-state index in [0.29, 0.717) is 18.9 Å². The van der Waals surface area contributed by atoms with Gasteiger partial charge in [-0.05, 0) is 62.0 Å². The van der Waals surface area contributed by atoms with Crippen molar-refractivity contribution in [3.8, 4) is 5.75 Å². The summed E-state index contributed by atoms with van der Waals surface area (Å²) in [6.45, 7) is 8.59. The van der Waals surface area contributed by atoms with E-state index in [1.165, 1.54) is 5.56 Å². The van der Waals surface area contributed by atoms with E-state index >= 15 is 0 Å². The lowest BCUT2D eigenvalue weighted by molar-refractivity contribution is -0.131. The highest BCUT2D eigenvalue weighted by Crippen LogP contribution is 2.20. The van der Waals surface area contributed by atoms with Crippen LogP contribution in [-0.2, 0) is 17.8 Å². The lowest BCUT2D eigenvalue weighted by atomic mass is 9.96. The molecule has 1 N–H and O–H groups in total. The van der Waals surface area contributed by atoms with Crippen molar-refractivity contribution in [1.82, 2.24) is 10.2 Å². The predicted molar refractivity (Wildman–Crippen MR) is 114 cm³/mol. The first kappa shape index (κ1) is 20.4. The normalized spacial score (nSPS) is 14.9. The molecular formula is C24H32N2O2. The minimum atomic E-state index is 0.220. The summed E-state index contributed by atoms with van der Waals surface area (Å²) >= 11 is 0. The number of carbonyl (C=O) groups is 1. The molecule has 4 nitrogen and oxygen atoms in total. The molecule has 1 saturated heterocycles. The van der Waals surface area contributed by atoms with Crippen LogP contribution >= 0.6 is 0 Å². The number of piperidine rings is 1. The van der Waals surface area contributed by atoms with E-state index in [0.717, 1.165) is 55.9 Å². The van der Waals surface area contributed by atoms with Gasteiger partial charge in [0.1, 0.15) is 12.4 Å². The highest BCUT2D eigenvalue weighted by Gasteiger charge is 2.22. The molecule has 1 amide bonds. The third-order valence-corrected chi connectivity index (χ3v) is 5.39. The number of carbonyl (C=O) groups excluding carboxylic acids is 1. The van der Waals surface area contributed by atoms with Crippen molar-refractivity contribution in [3.05, 3.63) is 65.2 Å². The molecule has 1 fully saturated rings. The van der Waals surface area contributed by atoms with E-state index in [1.54, 1.807) is 0 Å². The van der Waals surface area contributed by atoms with Crippen molar-refractivity contribution in [3.63, 3.8) is 0 Å². The summed E-state index contributed by atoms with van der Waals surface area (Å²) in [5.74, 6) is 1.73. The predicted octanol–water partition coefficient (Wildman–Crippen LogP) is 3.96. The Morgan fingerprint density at radius 2 is 1.86 bits per heavy atom. The van der Waals surface area contributed by atoms with Crippen LogP contribution in [0.5, 0.6) is 5.75 Å². The van der Waals surface area contributed by atoms with Crippen LogP contribution in [0.25, 0.3) is 0 Å². The molecule has 150 valence electrons. The van der Waals surface area contributed by atoms with Gasteiger partial charge in [-0.3, -0.25) is 4.79 Å². The van der Waals surface area contributed by atoms with E-state index in [4.69, 9.17) is 4.74 Å². The van der Waals surface area contributed by atoms with Gasteiger partial charge in [-0.15, -0.1) is 0 Å². The zero-order chi connectivity index (χ0) is 19.8. The molecule has 1 aliphatic heterocycles. The number of likely N-dealkylation sites (tertiary alicyclic amines) is 1. The Morgan fingerprint density at radius 1 is 1.11 bits per heavy atom. The average molecular weight is 381 g/mol. The topological polar surface area (TPSA) is 41.6 Å². The van der Waals surface area contributed by atoms with Crippen LogP contribution in [0.2, 0.25) is 0 Å². The lowest BCUT2D eigenvalue weighted by Gasteiger charge is -2.32. The monoisotopic (exact) mass is 380 g/mol. The molecule has 28 heavy (non-hydrogen) atoms. The first-order chi connectivity index (χ1) is 13.6. The summed E-state index contributed by atoms with van der Waals surface area (Å²) in [7, 11) is 0. The Balaban J connectivity index is 1.49. The lowest BCUT2D eigenvalue weighted by Crippen LogP contribution is -2.41. The average Bonchev–Trinajstić information content (AvgIpc) is 2.71. The van der Waals surface area contributed by atoms with Crippen molar-refractivity contribution < 1.29 is 9.53 Å². The van der Waals surface area contributed by atoms with Gasteiger partial charge in [-0.2, -0.15) is 0 Å². The van der Waals surface area contributed by atoms with E-state index in [-0.39, 0.29) is 5.91 Å². The number of hydrogen-bond donors (Lipinski definition) is 1. The van der Waals surface area contributed by atoms with Gasteiger partial charge in [-0.1, -0.05) is 48.9 Å². The second-order valence-electron chi connectivity index (χ2n) is 7.73. The van der Waals surface area contributed by atoms with Crippen molar-refractivity contribution in [2.75, 3.05) is 26.2 Å². The molecule has 1 heterocycles. The molecule has 0 bridgehead atoms. The van der Waals surface area contributed by atoms with Gasteiger partial charge in [0.2, 0.25) is 5.91 Å². The molecular weight excluding hydrogens is 348 g/mol. The molecule has 2 aromatic rings. The number of nitrogens with zero attached hydrogens (tertiary/aromatic N) is 1. The standard InChI is InChI=1S/C24H32N2O2/c1-3-25-17-20-10-12-26(13-11-20)24(27)16-21-7-5-9-23(15-21)28-18-22-8-4-6-19(2)14-22/h4-9,14-15,20,25H,3,10-13,16-18H2,1-2H3. The first-order valence-corrected chi connectivity index (χ1v) is 10.4. The number of benzene rings is 2. The number of rotatable bonds is 8. The maximum Gasteiger partial charge on any atom is 0.226 e. The number of hydrogen-bond acceptors (Lipinski definition) is 3. The van der Waals surface area contributed by atoms with Crippen LogP contribution in [0.3, 0.4) is 0 Å². The molecule has 0 aromatic heterocycles. The van der Waals surface area contributed by atoms with Crippen LogP contribution in [0.1, 0.15) is 36.5 Å². The minimum absolute atomic E-state index is 0.220. The minimum Gasteiger partial charge on any atom is -0.489 e. The second kappa shape index (κ2) is 10.3. The number of ether oxygens (including phenoxy) is 1. The van der Waals surface area contributed by atoms with E-state index in [2.05, 4.69) is 37.4 Å². The van der Waals surface area contributed by atoms with Crippen molar-refractivity contribution in [2.45, 2.75) is 39.7 Å². The second-order valence-corrected chi connectivity index (χ2v) is 7.73. The SMILES string of the molecule is CCNCC1CCN(C(=O)Cc2cccc(OCc3cccc(C)c3)c2)CC1. The third-order valence-electron chi connectivity index (χ3n) is 5.39. The highest BCUT2D eigenvalue weighted by atomic mass is 16.5. The molecule has 4 heteroatoms. The molecule has 0 aliphatic carbocycles. The Morgan fingerprint density at radius 3 is 2.61 bits per heavy atom. The summed E-state index contributed by atoms with van der Waals surface area (Å²) in [5.41, 5.74) is 3.40. The fourth-order valence-corrected chi connectivity index (χ4v) is 3.74. The zero-order valence-electron chi connectivity index (χ0n) is 17.1. The van der Waals surface area contributed by atoms with Gasteiger partial charge in [0.05, 0.1) is 6.42 Å². The smallest absolute Gasteiger partial charge is 0.226 e. The Hall–Kier alpha value is -2.33. The summed E-state index contributed by atoms with van der Waals surface area (Å²) in [6, 6.07) is 16.3. The largest absolute Gasteiger partial charge is 0.489 e. The van der Waals surface area contributed by atoms with Gasteiger partial charge in [0, 0.05) is 13.1 Å². The Bertz CT molecular complexity index is 767. The molecule has 0 unspecified atom stereocenters. The Kier molecular flexibility index (Phi) is 7.49. The van der Waals surface area contributed by atoms with E-state index in [9.17, 15) is 4.79 Å². The van der Waals surface area contributed by atoms with E-state index in [1.807, 2.05) is 35.2 Å². The quantitative estimate of drug-likeness (QED) is 0.754. The van der Waals surface area contributed by atoms with Crippen LogP contribution in [0, 0.1) is 12.8 Å².